The zero-order valence-corrected chi connectivity index (χ0v) is 21.4. The lowest BCUT2D eigenvalue weighted by atomic mass is 10.1. The predicted octanol–water partition coefficient (Wildman–Crippen LogP) is 4.13. The van der Waals surface area contributed by atoms with Crippen LogP contribution in [0.15, 0.2) is 60.8 Å². The Morgan fingerprint density at radius 1 is 0.973 bits per heavy atom. The maximum Gasteiger partial charge on any atom is 0.274 e. The number of pyridine rings is 1. The number of hydrogen-bond acceptors (Lipinski definition) is 6. The largest absolute Gasteiger partial charge is 0.321 e. The minimum Gasteiger partial charge on any atom is -0.321 e. The fraction of sp³-hybridized carbons (Fsp3) is 0.200. The summed E-state index contributed by atoms with van der Waals surface area (Å²) in [5.74, 6) is -1.15. The summed E-state index contributed by atoms with van der Waals surface area (Å²) in [4.78, 5) is 43.8. The van der Waals surface area contributed by atoms with Crippen molar-refractivity contribution in [1.82, 2.24) is 4.98 Å². The van der Waals surface area contributed by atoms with Crippen LogP contribution in [0.5, 0.6) is 0 Å². The Balaban J connectivity index is 1.60. The molecule has 1 aromatic heterocycles. The van der Waals surface area contributed by atoms with Crippen LogP contribution < -0.4 is 20.3 Å². The van der Waals surface area contributed by atoms with E-state index in [9.17, 15) is 22.8 Å². The van der Waals surface area contributed by atoms with Gasteiger partial charge in [-0.25, -0.2) is 8.42 Å². The first kappa shape index (κ1) is 26.1. The molecule has 1 aliphatic rings. The molecular weight excluding hydrogens is 518 g/mol. The fourth-order valence-electron chi connectivity index (χ4n) is 3.85. The zero-order chi connectivity index (χ0) is 26.6. The Morgan fingerprint density at radius 3 is 2.43 bits per heavy atom. The summed E-state index contributed by atoms with van der Waals surface area (Å²) in [5.41, 5.74) is 1.35. The van der Waals surface area contributed by atoms with Crippen LogP contribution in [0.4, 0.5) is 22.7 Å². The Labute approximate surface area is 219 Å². The zero-order valence-electron chi connectivity index (χ0n) is 19.8. The van der Waals surface area contributed by atoms with Gasteiger partial charge in [0, 0.05) is 24.8 Å². The number of carbonyl (C=O) groups excluding carboxylic acids is 3. The van der Waals surface area contributed by atoms with E-state index >= 15 is 0 Å². The van der Waals surface area contributed by atoms with Gasteiger partial charge in [0.15, 0.2) is 0 Å². The van der Waals surface area contributed by atoms with Crippen molar-refractivity contribution in [3.8, 4) is 0 Å². The number of sulfonamides is 1. The molecule has 0 bridgehead atoms. The highest BCUT2D eigenvalue weighted by atomic mass is 35.5. The first-order chi connectivity index (χ1) is 17.6. The molecule has 0 spiro atoms. The molecule has 37 heavy (non-hydrogen) atoms. The summed E-state index contributed by atoms with van der Waals surface area (Å²) < 4.78 is 25.7. The summed E-state index contributed by atoms with van der Waals surface area (Å²) in [7, 11) is -3.60. The van der Waals surface area contributed by atoms with Gasteiger partial charge in [-0.15, -0.1) is 0 Å². The lowest BCUT2D eigenvalue weighted by Crippen LogP contribution is -2.35. The average Bonchev–Trinajstić information content (AvgIpc) is 2.85. The van der Waals surface area contributed by atoms with Gasteiger partial charge in [-0.2, -0.15) is 0 Å². The van der Waals surface area contributed by atoms with E-state index in [1.807, 2.05) is 0 Å². The summed E-state index contributed by atoms with van der Waals surface area (Å²) in [6.07, 6.45) is 4.68. The summed E-state index contributed by atoms with van der Waals surface area (Å²) in [6.45, 7) is 0.605. The van der Waals surface area contributed by atoms with Crippen molar-refractivity contribution in [2.75, 3.05) is 33.1 Å². The second-order valence-corrected chi connectivity index (χ2v) is 10.6. The highest BCUT2D eigenvalue weighted by Crippen LogP contribution is 2.31. The standard InChI is InChI=1S/C25H24ClN5O5S/c1-37(35,36)30-16-8-10-18(22(14-16)29-25(34)21-6-2-4-12-27-21)24(33)28-20-11-9-17(15-19(20)26)31-13-5-3-7-23(31)32/h2,4,6,8-12,14-15,30H,3,5,7,13H2,1H3,(H,28,33)(H,29,34). The molecule has 3 aromatic rings. The van der Waals surface area contributed by atoms with Crippen molar-refractivity contribution in [2.45, 2.75) is 19.3 Å². The lowest BCUT2D eigenvalue weighted by Gasteiger charge is -2.27. The number of nitrogens with one attached hydrogen (secondary N) is 3. The SMILES string of the molecule is CS(=O)(=O)Nc1ccc(C(=O)Nc2ccc(N3CCCCC3=O)cc2Cl)c(NC(=O)c2ccccn2)c1. The molecule has 0 radical (unpaired) electrons. The Bertz CT molecular complexity index is 1460. The number of carbonyl (C=O) groups is 3. The molecule has 0 saturated carbocycles. The Morgan fingerprint density at radius 2 is 1.76 bits per heavy atom. The highest BCUT2D eigenvalue weighted by molar-refractivity contribution is 7.92. The third-order valence-electron chi connectivity index (χ3n) is 5.55. The molecule has 192 valence electrons. The molecule has 2 heterocycles. The van der Waals surface area contributed by atoms with E-state index in [1.54, 1.807) is 35.2 Å². The summed E-state index contributed by atoms with van der Waals surface area (Å²) >= 11 is 6.42. The Hall–Kier alpha value is -3.96. The molecule has 4 rings (SSSR count). The average molecular weight is 542 g/mol. The van der Waals surface area contributed by atoms with E-state index in [2.05, 4.69) is 20.3 Å². The normalized spacial score (nSPS) is 13.7. The third-order valence-corrected chi connectivity index (χ3v) is 6.47. The predicted molar refractivity (Wildman–Crippen MR) is 143 cm³/mol. The molecule has 1 aliphatic heterocycles. The minimum atomic E-state index is -3.60. The van der Waals surface area contributed by atoms with Crippen LogP contribution in [-0.4, -0.2) is 43.9 Å². The van der Waals surface area contributed by atoms with E-state index in [1.165, 1.54) is 30.5 Å². The van der Waals surface area contributed by atoms with E-state index in [0.29, 0.717) is 24.3 Å². The maximum atomic E-state index is 13.2. The number of piperidine rings is 1. The van der Waals surface area contributed by atoms with Gasteiger partial charge in [0.2, 0.25) is 15.9 Å². The van der Waals surface area contributed by atoms with Gasteiger partial charge in [0.05, 0.1) is 33.9 Å². The van der Waals surface area contributed by atoms with E-state index in [4.69, 9.17) is 11.6 Å². The number of halogens is 1. The van der Waals surface area contributed by atoms with Crippen molar-refractivity contribution in [3.63, 3.8) is 0 Å². The molecule has 2 aromatic carbocycles. The Kier molecular flexibility index (Phi) is 7.74. The number of hydrogen-bond donors (Lipinski definition) is 3. The van der Waals surface area contributed by atoms with Crippen LogP contribution in [0.1, 0.15) is 40.1 Å². The van der Waals surface area contributed by atoms with Crippen LogP contribution in [-0.2, 0) is 14.8 Å². The first-order valence-electron chi connectivity index (χ1n) is 11.4. The van der Waals surface area contributed by atoms with Gasteiger partial charge in [0.25, 0.3) is 11.8 Å². The molecule has 1 saturated heterocycles. The van der Waals surface area contributed by atoms with E-state index in [0.717, 1.165) is 19.1 Å². The quantitative estimate of drug-likeness (QED) is 0.411. The summed E-state index contributed by atoms with van der Waals surface area (Å²) in [5, 5.41) is 5.56. The van der Waals surface area contributed by atoms with Crippen LogP contribution in [0.25, 0.3) is 0 Å². The molecule has 3 N–H and O–H groups in total. The van der Waals surface area contributed by atoms with Gasteiger partial charge in [-0.1, -0.05) is 17.7 Å². The summed E-state index contributed by atoms with van der Waals surface area (Å²) in [6, 6.07) is 13.8. The molecule has 1 fully saturated rings. The van der Waals surface area contributed by atoms with Crippen molar-refractivity contribution < 1.29 is 22.8 Å². The monoisotopic (exact) mass is 541 g/mol. The van der Waals surface area contributed by atoms with Gasteiger partial charge >= 0.3 is 0 Å². The molecule has 3 amide bonds. The van der Waals surface area contributed by atoms with Crippen molar-refractivity contribution >= 4 is 62.1 Å². The van der Waals surface area contributed by atoms with E-state index in [-0.39, 0.29) is 33.6 Å². The molecule has 10 nitrogen and oxygen atoms in total. The molecule has 0 aliphatic carbocycles. The lowest BCUT2D eigenvalue weighted by molar-refractivity contribution is -0.119. The molecule has 0 unspecified atom stereocenters. The molecular formula is C25H24ClN5O5S. The van der Waals surface area contributed by atoms with Crippen LogP contribution in [0.3, 0.4) is 0 Å². The van der Waals surface area contributed by atoms with E-state index < -0.39 is 21.8 Å². The number of amides is 3. The van der Waals surface area contributed by atoms with Crippen LogP contribution in [0.2, 0.25) is 5.02 Å². The van der Waals surface area contributed by atoms with Gasteiger partial charge < -0.3 is 15.5 Å². The number of nitrogens with zero attached hydrogens (tertiary/aromatic N) is 2. The highest BCUT2D eigenvalue weighted by Gasteiger charge is 2.21. The second-order valence-electron chi connectivity index (χ2n) is 8.42. The molecule has 12 heteroatoms. The van der Waals surface area contributed by atoms with Crippen LogP contribution in [0, 0.1) is 0 Å². The minimum absolute atomic E-state index is 0.0233. The maximum absolute atomic E-state index is 13.2. The van der Waals surface area contributed by atoms with Gasteiger partial charge in [0.1, 0.15) is 5.69 Å². The number of anilines is 4. The molecule has 0 atom stereocenters. The first-order valence-corrected chi connectivity index (χ1v) is 13.6. The van der Waals surface area contributed by atoms with Gasteiger partial charge in [-0.05, 0) is 61.4 Å². The fourth-order valence-corrected chi connectivity index (χ4v) is 4.63. The smallest absolute Gasteiger partial charge is 0.274 e. The second kappa shape index (κ2) is 11.0. The van der Waals surface area contributed by atoms with Crippen LogP contribution >= 0.6 is 11.6 Å². The van der Waals surface area contributed by atoms with Crippen molar-refractivity contribution in [2.24, 2.45) is 0 Å². The van der Waals surface area contributed by atoms with Crippen molar-refractivity contribution in [3.05, 3.63) is 77.1 Å². The van der Waals surface area contributed by atoms with Crippen molar-refractivity contribution in [1.29, 1.82) is 0 Å². The number of rotatable bonds is 7. The number of benzene rings is 2. The van der Waals surface area contributed by atoms with Gasteiger partial charge in [-0.3, -0.25) is 24.1 Å². The topological polar surface area (TPSA) is 138 Å². The number of aromatic nitrogens is 1. The third kappa shape index (κ3) is 6.63.